The van der Waals surface area contributed by atoms with Crippen LogP contribution in [0.4, 0.5) is 0 Å². The van der Waals surface area contributed by atoms with Crippen molar-refractivity contribution in [3.63, 3.8) is 0 Å². The zero-order valence-electron chi connectivity index (χ0n) is 10.0. The van der Waals surface area contributed by atoms with Crippen molar-refractivity contribution in [2.45, 2.75) is 25.0 Å². The highest BCUT2D eigenvalue weighted by atomic mass is 16.5. The molecule has 2 unspecified atom stereocenters. The Morgan fingerprint density at radius 3 is 3.00 bits per heavy atom. The number of likely N-dealkylation sites (N-methyl/N-ethyl adjacent to an activating group) is 1. The SMILES string of the molecule is CN1CCOC(CNCC2CCC=CO2)C1. The van der Waals surface area contributed by atoms with E-state index in [2.05, 4.69) is 23.3 Å². The van der Waals surface area contributed by atoms with Crippen LogP contribution >= 0.6 is 0 Å². The Morgan fingerprint density at radius 2 is 2.25 bits per heavy atom. The van der Waals surface area contributed by atoms with Crippen molar-refractivity contribution >= 4 is 0 Å². The van der Waals surface area contributed by atoms with Gasteiger partial charge in [0.25, 0.3) is 0 Å². The monoisotopic (exact) mass is 226 g/mol. The average Bonchev–Trinajstić information content (AvgIpc) is 2.30. The summed E-state index contributed by atoms with van der Waals surface area (Å²) < 4.78 is 11.2. The third-order valence-electron chi connectivity index (χ3n) is 3.11. The first-order chi connectivity index (χ1) is 7.84. The highest BCUT2D eigenvalue weighted by Crippen LogP contribution is 2.09. The van der Waals surface area contributed by atoms with Crippen LogP contribution in [0.15, 0.2) is 12.3 Å². The van der Waals surface area contributed by atoms with Crippen LogP contribution in [0.5, 0.6) is 0 Å². The van der Waals surface area contributed by atoms with Gasteiger partial charge in [0, 0.05) is 26.2 Å². The van der Waals surface area contributed by atoms with E-state index >= 15 is 0 Å². The lowest BCUT2D eigenvalue weighted by atomic mass is 10.1. The number of nitrogens with one attached hydrogen (secondary N) is 1. The number of allylic oxidation sites excluding steroid dienone is 1. The van der Waals surface area contributed by atoms with Crippen LogP contribution in [0.25, 0.3) is 0 Å². The first-order valence-electron chi connectivity index (χ1n) is 6.16. The molecule has 4 nitrogen and oxygen atoms in total. The maximum atomic E-state index is 5.68. The Hall–Kier alpha value is -0.580. The van der Waals surface area contributed by atoms with Gasteiger partial charge >= 0.3 is 0 Å². The topological polar surface area (TPSA) is 33.7 Å². The smallest absolute Gasteiger partial charge is 0.110 e. The fourth-order valence-corrected chi connectivity index (χ4v) is 2.13. The minimum Gasteiger partial charge on any atom is -0.497 e. The van der Waals surface area contributed by atoms with E-state index in [4.69, 9.17) is 9.47 Å². The molecule has 0 spiro atoms. The quantitative estimate of drug-likeness (QED) is 0.761. The van der Waals surface area contributed by atoms with Gasteiger partial charge in [-0.3, -0.25) is 0 Å². The van der Waals surface area contributed by atoms with Crippen molar-refractivity contribution in [3.05, 3.63) is 12.3 Å². The zero-order valence-corrected chi connectivity index (χ0v) is 10.0. The fraction of sp³-hybridized carbons (Fsp3) is 0.833. The maximum absolute atomic E-state index is 5.68. The Kier molecular flexibility index (Phi) is 4.63. The van der Waals surface area contributed by atoms with Gasteiger partial charge in [0.05, 0.1) is 19.0 Å². The van der Waals surface area contributed by atoms with Crippen LogP contribution in [0.2, 0.25) is 0 Å². The molecule has 0 aromatic rings. The molecule has 1 fully saturated rings. The average molecular weight is 226 g/mol. The summed E-state index contributed by atoms with van der Waals surface area (Å²) in [5.41, 5.74) is 0. The van der Waals surface area contributed by atoms with E-state index in [-0.39, 0.29) is 0 Å². The van der Waals surface area contributed by atoms with Crippen LogP contribution < -0.4 is 5.32 Å². The van der Waals surface area contributed by atoms with Crippen molar-refractivity contribution in [2.24, 2.45) is 0 Å². The summed E-state index contributed by atoms with van der Waals surface area (Å²) in [7, 11) is 2.14. The van der Waals surface area contributed by atoms with Crippen LogP contribution in [0.1, 0.15) is 12.8 Å². The Morgan fingerprint density at radius 1 is 1.38 bits per heavy atom. The molecule has 0 radical (unpaired) electrons. The molecule has 2 rings (SSSR count). The second-order valence-corrected chi connectivity index (χ2v) is 4.62. The van der Waals surface area contributed by atoms with Gasteiger partial charge in [0.2, 0.25) is 0 Å². The van der Waals surface area contributed by atoms with Crippen molar-refractivity contribution in [1.82, 2.24) is 10.2 Å². The molecule has 0 aromatic heterocycles. The Bertz CT molecular complexity index is 233. The molecular weight excluding hydrogens is 204 g/mol. The molecule has 1 saturated heterocycles. The molecule has 2 aliphatic heterocycles. The molecule has 0 amide bonds. The number of rotatable bonds is 4. The van der Waals surface area contributed by atoms with Gasteiger partial charge < -0.3 is 19.7 Å². The molecule has 92 valence electrons. The van der Waals surface area contributed by atoms with Gasteiger partial charge in [-0.05, 0) is 26.0 Å². The maximum Gasteiger partial charge on any atom is 0.110 e. The molecule has 1 N–H and O–H groups in total. The molecule has 2 aliphatic rings. The molecular formula is C12H22N2O2. The number of hydrogen-bond acceptors (Lipinski definition) is 4. The lowest BCUT2D eigenvalue weighted by Gasteiger charge is -2.30. The second-order valence-electron chi connectivity index (χ2n) is 4.62. The second kappa shape index (κ2) is 6.23. The molecule has 2 atom stereocenters. The Labute approximate surface area is 97.6 Å². The molecule has 0 saturated carbocycles. The number of morpholine rings is 1. The lowest BCUT2D eigenvalue weighted by Crippen LogP contribution is -2.46. The van der Waals surface area contributed by atoms with Crippen molar-refractivity contribution in [3.8, 4) is 0 Å². The third kappa shape index (κ3) is 3.77. The van der Waals surface area contributed by atoms with Crippen LogP contribution in [0.3, 0.4) is 0 Å². The molecule has 16 heavy (non-hydrogen) atoms. The highest BCUT2D eigenvalue weighted by molar-refractivity contribution is 4.83. The third-order valence-corrected chi connectivity index (χ3v) is 3.11. The number of hydrogen-bond donors (Lipinski definition) is 1. The molecule has 4 heteroatoms. The van der Waals surface area contributed by atoms with E-state index in [0.717, 1.165) is 45.6 Å². The van der Waals surface area contributed by atoms with Gasteiger partial charge in [-0.25, -0.2) is 0 Å². The summed E-state index contributed by atoms with van der Waals surface area (Å²) in [4.78, 5) is 2.32. The predicted molar refractivity (Wildman–Crippen MR) is 63.4 cm³/mol. The molecule has 0 aromatic carbocycles. The summed E-state index contributed by atoms with van der Waals surface area (Å²) in [6.45, 7) is 4.78. The minimum atomic E-state index is 0.331. The van der Waals surface area contributed by atoms with Crippen molar-refractivity contribution in [2.75, 3.05) is 39.8 Å². The van der Waals surface area contributed by atoms with Gasteiger partial charge in [0.15, 0.2) is 0 Å². The summed E-state index contributed by atoms with van der Waals surface area (Å²) in [6, 6.07) is 0. The van der Waals surface area contributed by atoms with E-state index in [1.807, 2.05) is 6.26 Å². The summed E-state index contributed by atoms with van der Waals surface area (Å²) in [5.74, 6) is 0. The summed E-state index contributed by atoms with van der Waals surface area (Å²) in [6.07, 6.45) is 6.82. The number of ether oxygens (including phenoxy) is 2. The van der Waals surface area contributed by atoms with Crippen molar-refractivity contribution in [1.29, 1.82) is 0 Å². The van der Waals surface area contributed by atoms with Crippen LogP contribution in [0, 0.1) is 0 Å². The summed E-state index contributed by atoms with van der Waals surface area (Å²) in [5, 5.41) is 3.43. The van der Waals surface area contributed by atoms with Crippen molar-refractivity contribution < 1.29 is 9.47 Å². The van der Waals surface area contributed by atoms with Gasteiger partial charge in [0.1, 0.15) is 6.10 Å². The van der Waals surface area contributed by atoms with Crippen LogP contribution in [-0.2, 0) is 9.47 Å². The minimum absolute atomic E-state index is 0.331. The standard InChI is InChI=1S/C12H22N2O2/c1-14-5-7-16-12(10-14)9-13-8-11-4-2-3-6-15-11/h3,6,11-13H,2,4-5,7-10H2,1H3. The van der Waals surface area contributed by atoms with Gasteiger partial charge in [-0.2, -0.15) is 0 Å². The Balaban J connectivity index is 1.58. The highest BCUT2D eigenvalue weighted by Gasteiger charge is 2.18. The lowest BCUT2D eigenvalue weighted by molar-refractivity contribution is -0.0194. The fourth-order valence-electron chi connectivity index (χ4n) is 2.13. The van der Waals surface area contributed by atoms with E-state index in [1.165, 1.54) is 0 Å². The normalized spacial score (nSPS) is 31.3. The molecule has 0 aliphatic carbocycles. The van der Waals surface area contributed by atoms with Gasteiger partial charge in [-0.1, -0.05) is 0 Å². The predicted octanol–water partition coefficient (Wildman–Crippen LogP) is 0.599. The zero-order chi connectivity index (χ0) is 11.2. The van der Waals surface area contributed by atoms with E-state index in [0.29, 0.717) is 12.2 Å². The largest absolute Gasteiger partial charge is 0.497 e. The van der Waals surface area contributed by atoms with E-state index in [9.17, 15) is 0 Å². The van der Waals surface area contributed by atoms with E-state index < -0.39 is 0 Å². The first kappa shape index (κ1) is 11.9. The first-order valence-corrected chi connectivity index (χ1v) is 6.16. The van der Waals surface area contributed by atoms with Gasteiger partial charge in [-0.15, -0.1) is 0 Å². The molecule has 0 bridgehead atoms. The molecule has 2 heterocycles. The number of nitrogens with zero attached hydrogens (tertiary/aromatic N) is 1. The van der Waals surface area contributed by atoms with Crippen LogP contribution in [-0.4, -0.2) is 56.9 Å². The van der Waals surface area contributed by atoms with E-state index in [1.54, 1.807) is 0 Å². The summed E-state index contributed by atoms with van der Waals surface area (Å²) >= 11 is 0.